The number of nitrogens with one attached hydrogen (secondary N) is 1. The molecule has 0 aliphatic carbocycles. The molecule has 0 rings (SSSR count). The monoisotopic (exact) mass is 157 g/mol. The first kappa shape index (κ1) is 9.55. The number of rotatable bonds is 4. The van der Waals surface area contributed by atoms with Crippen LogP contribution in [0, 0.1) is 0 Å². The minimum Gasteiger partial charge on any atom is -0.511 e. The largest absolute Gasteiger partial charge is 0.511 e. The molecular weight excluding hydrogens is 146 g/mol. The van der Waals surface area contributed by atoms with Crippen LogP contribution < -0.4 is 5.32 Å². The molecule has 11 heavy (non-hydrogen) atoms. The van der Waals surface area contributed by atoms with Gasteiger partial charge in [-0.25, -0.2) is 4.79 Å². The van der Waals surface area contributed by atoms with Crippen molar-refractivity contribution in [2.24, 2.45) is 0 Å². The second-order valence-electron chi connectivity index (χ2n) is 1.81. The Morgan fingerprint density at radius 3 is 2.82 bits per heavy atom. The van der Waals surface area contributed by atoms with E-state index in [1.807, 2.05) is 0 Å². The van der Waals surface area contributed by atoms with E-state index in [9.17, 15) is 4.79 Å². The van der Waals surface area contributed by atoms with Gasteiger partial charge in [0.05, 0.1) is 6.54 Å². The van der Waals surface area contributed by atoms with E-state index < -0.39 is 6.09 Å². The summed E-state index contributed by atoms with van der Waals surface area (Å²) in [5, 5.41) is 10.8. The Morgan fingerprint density at radius 1 is 1.73 bits per heavy atom. The van der Waals surface area contributed by atoms with Crippen molar-refractivity contribution in [3.8, 4) is 0 Å². The normalized spacial score (nSPS) is 8.36. The zero-order valence-corrected chi connectivity index (χ0v) is 6.17. The van der Waals surface area contributed by atoms with Crippen molar-refractivity contribution in [1.82, 2.24) is 5.32 Å². The van der Waals surface area contributed by atoms with Crippen molar-refractivity contribution in [1.29, 1.82) is 0 Å². The first-order valence-electron chi connectivity index (χ1n) is 3.05. The van der Waals surface area contributed by atoms with Crippen molar-refractivity contribution < 1.29 is 14.6 Å². The molecule has 4 heteroatoms. The summed E-state index contributed by atoms with van der Waals surface area (Å²) in [6.45, 7) is 6.69. The highest BCUT2D eigenvalue weighted by Gasteiger charge is 1.98. The quantitative estimate of drug-likeness (QED) is 0.472. The summed E-state index contributed by atoms with van der Waals surface area (Å²) < 4.78 is 4.52. The van der Waals surface area contributed by atoms with E-state index in [-0.39, 0.29) is 18.9 Å². The fraction of sp³-hybridized carbons (Fsp3) is 0.286. The van der Waals surface area contributed by atoms with Gasteiger partial charge in [0.15, 0.2) is 0 Å². The number of carbonyl (C=O) groups is 1. The zero-order valence-electron chi connectivity index (χ0n) is 6.17. The highest BCUT2D eigenvalue weighted by molar-refractivity contribution is 5.67. The molecule has 0 aromatic carbocycles. The Kier molecular flexibility index (Phi) is 4.64. The molecule has 0 saturated heterocycles. The summed E-state index contributed by atoms with van der Waals surface area (Å²) in [5.74, 6) is -0.111. The summed E-state index contributed by atoms with van der Waals surface area (Å²) in [7, 11) is 0. The van der Waals surface area contributed by atoms with Gasteiger partial charge in [0.25, 0.3) is 0 Å². The van der Waals surface area contributed by atoms with Gasteiger partial charge < -0.3 is 15.2 Å². The van der Waals surface area contributed by atoms with Crippen LogP contribution in [0.25, 0.3) is 0 Å². The molecule has 0 fully saturated rings. The lowest BCUT2D eigenvalue weighted by Crippen LogP contribution is -2.26. The van der Waals surface area contributed by atoms with Crippen LogP contribution >= 0.6 is 0 Å². The standard InChI is InChI=1S/C7H11NO3/c1-3-4-11-7(10)8-5-6(2)9/h3,9H,1-2,4-5H2,(H,8,10). The fourth-order valence-electron chi connectivity index (χ4n) is 0.360. The van der Waals surface area contributed by atoms with Gasteiger partial charge in [0.2, 0.25) is 0 Å². The minimum atomic E-state index is -0.597. The Labute approximate surface area is 65.2 Å². The van der Waals surface area contributed by atoms with Crippen LogP contribution in [0.4, 0.5) is 4.79 Å². The van der Waals surface area contributed by atoms with Crippen LogP contribution in [0.3, 0.4) is 0 Å². The van der Waals surface area contributed by atoms with E-state index in [0.29, 0.717) is 0 Å². The average Bonchev–Trinajstić information content (AvgIpc) is 1.97. The van der Waals surface area contributed by atoms with E-state index in [1.54, 1.807) is 0 Å². The molecule has 1 amide bonds. The Bertz CT molecular complexity index is 165. The zero-order chi connectivity index (χ0) is 8.69. The Balaban J connectivity index is 3.37. The third-order valence-corrected chi connectivity index (χ3v) is 0.769. The summed E-state index contributed by atoms with van der Waals surface area (Å²) in [6.07, 6.45) is 0.855. The third kappa shape index (κ3) is 6.44. The molecule has 0 saturated carbocycles. The van der Waals surface area contributed by atoms with Crippen LogP contribution in [0.2, 0.25) is 0 Å². The molecule has 0 radical (unpaired) electrons. The first-order chi connectivity index (χ1) is 5.16. The number of carbonyl (C=O) groups excluding carboxylic acids is 1. The van der Waals surface area contributed by atoms with E-state index in [0.717, 1.165) is 0 Å². The van der Waals surface area contributed by atoms with Crippen LogP contribution in [0.15, 0.2) is 25.0 Å². The average molecular weight is 157 g/mol. The minimum absolute atomic E-state index is 0.00990. The van der Waals surface area contributed by atoms with Gasteiger partial charge in [0.1, 0.15) is 12.4 Å². The van der Waals surface area contributed by atoms with E-state index in [1.165, 1.54) is 6.08 Å². The molecule has 62 valence electrons. The number of aliphatic hydroxyl groups excluding tert-OH is 1. The topological polar surface area (TPSA) is 58.6 Å². The predicted octanol–water partition coefficient (Wildman–Crippen LogP) is 0.970. The lowest BCUT2D eigenvalue weighted by molar-refractivity contribution is 0.158. The van der Waals surface area contributed by atoms with Gasteiger partial charge in [-0.2, -0.15) is 0 Å². The molecule has 0 aromatic heterocycles. The molecule has 0 unspecified atom stereocenters. The van der Waals surface area contributed by atoms with E-state index in [2.05, 4.69) is 23.2 Å². The lowest BCUT2D eigenvalue weighted by Gasteiger charge is -2.02. The summed E-state index contributed by atoms with van der Waals surface area (Å²) in [4.78, 5) is 10.6. The molecule has 0 aromatic rings. The number of hydrogen-bond acceptors (Lipinski definition) is 3. The molecule has 0 aliphatic heterocycles. The van der Waals surface area contributed by atoms with Crippen molar-refractivity contribution in [3.05, 3.63) is 25.0 Å². The number of ether oxygens (including phenoxy) is 1. The molecule has 0 aliphatic rings. The molecule has 0 spiro atoms. The fourth-order valence-corrected chi connectivity index (χ4v) is 0.360. The number of amides is 1. The second kappa shape index (κ2) is 5.34. The summed E-state index contributed by atoms with van der Waals surface area (Å²) in [6, 6.07) is 0. The SMILES string of the molecule is C=CCOC(=O)NCC(=C)O. The van der Waals surface area contributed by atoms with Gasteiger partial charge in [-0.3, -0.25) is 0 Å². The van der Waals surface area contributed by atoms with E-state index >= 15 is 0 Å². The molecule has 0 bridgehead atoms. The van der Waals surface area contributed by atoms with Crippen molar-refractivity contribution in [2.45, 2.75) is 0 Å². The molecule has 4 nitrogen and oxygen atoms in total. The molecule has 0 heterocycles. The van der Waals surface area contributed by atoms with Gasteiger partial charge in [-0.1, -0.05) is 19.2 Å². The van der Waals surface area contributed by atoms with Crippen LogP contribution in [-0.4, -0.2) is 24.4 Å². The Hall–Kier alpha value is -1.45. The van der Waals surface area contributed by atoms with Crippen LogP contribution in [0.1, 0.15) is 0 Å². The van der Waals surface area contributed by atoms with Gasteiger partial charge in [0, 0.05) is 0 Å². The first-order valence-corrected chi connectivity index (χ1v) is 3.05. The predicted molar refractivity (Wildman–Crippen MR) is 41.3 cm³/mol. The number of hydrogen-bond donors (Lipinski definition) is 2. The van der Waals surface area contributed by atoms with E-state index in [4.69, 9.17) is 5.11 Å². The third-order valence-electron chi connectivity index (χ3n) is 0.769. The van der Waals surface area contributed by atoms with Crippen LogP contribution in [0.5, 0.6) is 0 Å². The number of alkyl carbamates (subject to hydrolysis) is 1. The summed E-state index contributed by atoms with van der Waals surface area (Å²) in [5.41, 5.74) is 0. The highest BCUT2D eigenvalue weighted by atomic mass is 16.5. The maximum absolute atomic E-state index is 10.6. The molecule has 0 atom stereocenters. The molecular formula is C7H11NO3. The smallest absolute Gasteiger partial charge is 0.407 e. The maximum Gasteiger partial charge on any atom is 0.407 e. The van der Waals surface area contributed by atoms with Gasteiger partial charge in [-0.15, -0.1) is 0 Å². The van der Waals surface area contributed by atoms with Crippen molar-refractivity contribution in [2.75, 3.05) is 13.2 Å². The maximum atomic E-state index is 10.6. The Morgan fingerprint density at radius 2 is 2.36 bits per heavy atom. The number of aliphatic hydroxyl groups is 1. The van der Waals surface area contributed by atoms with Crippen molar-refractivity contribution in [3.63, 3.8) is 0 Å². The van der Waals surface area contributed by atoms with Gasteiger partial charge in [-0.05, 0) is 0 Å². The van der Waals surface area contributed by atoms with Crippen molar-refractivity contribution >= 4 is 6.09 Å². The van der Waals surface area contributed by atoms with Crippen LogP contribution in [-0.2, 0) is 4.74 Å². The summed E-state index contributed by atoms with van der Waals surface area (Å²) >= 11 is 0. The molecule has 2 N–H and O–H groups in total. The van der Waals surface area contributed by atoms with Gasteiger partial charge >= 0.3 is 6.09 Å². The lowest BCUT2D eigenvalue weighted by atomic mass is 10.6. The second-order valence-corrected chi connectivity index (χ2v) is 1.81. The highest BCUT2D eigenvalue weighted by Crippen LogP contribution is 1.80.